The van der Waals surface area contributed by atoms with Crippen molar-refractivity contribution in [3.63, 3.8) is 0 Å². The second-order valence-corrected chi connectivity index (χ2v) is 14.8. The summed E-state index contributed by atoms with van der Waals surface area (Å²) < 4.78 is 29.5. The first-order chi connectivity index (χ1) is 22.1. The Kier molecular flexibility index (Phi) is 8.30. The Labute approximate surface area is 270 Å². The van der Waals surface area contributed by atoms with Gasteiger partial charge in [-0.3, -0.25) is 4.79 Å². The predicted molar refractivity (Wildman–Crippen MR) is 169 cm³/mol. The molecule has 7 rings (SSSR count). The molecule has 1 aromatic carbocycles. The van der Waals surface area contributed by atoms with Gasteiger partial charge in [0.25, 0.3) is 0 Å². The Morgan fingerprint density at radius 2 is 2.09 bits per heavy atom. The van der Waals surface area contributed by atoms with Crippen LogP contribution in [0.3, 0.4) is 0 Å². The van der Waals surface area contributed by atoms with Gasteiger partial charge in [0.1, 0.15) is 12.4 Å². The molecular formula is C36H48FN3O6. The topological polar surface area (TPSA) is 126 Å². The third-order valence-corrected chi connectivity index (χ3v) is 12.4. The smallest absolute Gasteiger partial charge is 0.193 e. The van der Waals surface area contributed by atoms with Crippen LogP contribution in [-0.4, -0.2) is 74.7 Å². The number of benzene rings is 1. The number of Topliss-reactive ketones (excluding diaryl/α,β-unsaturated/α-hetero) is 1. The third-order valence-electron chi connectivity index (χ3n) is 12.4. The Morgan fingerprint density at radius 3 is 2.85 bits per heavy atom. The molecule has 10 heteroatoms. The van der Waals surface area contributed by atoms with Gasteiger partial charge in [0, 0.05) is 24.1 Å². The summed E-state index contributed by atoms with van der Waals surface area (Å²) >= 11 is 0. The van der Waals surface area contributed by atoms with E-state index in [1.165, 1.54) is 11.6 Å². The van der Waals surface area contributed by atoms with Crippen LogP contribution in [0.15, 0.2) is 30.0 Å². The molecule has 3 saturated carbocycles. The Bertz CT molecular complexity index is 1530. The summed E-state index contributed by atoms with van der Waals surface area (Å²) in [6.45, 7) is 6.90. The largest absolute Gasteiger partial charge is 0.396 e. The van der Waals surface area contributed by atoms with E-state index in [0.29, 0.717) is 44.3 Å². The molecule has 9 atom stereocenters. The zero-order valence-corrected chi connectivity index (χ0v) is 27.2. The molecule has 0 unspecified atom stereocenters. The Morgan fingerprint density at radius 1 is 1.26 bits per heavy atom. The number of carbonyl (C=O) groups excluding carboxylic acids is 1. The van der Waals surface area contributed by atoms with Gasteiger partial charge < -0.3 is 30.1 Å². The third kappa shape index (κ3) is 4.62. The second-order valence-electron chi connectivity index (χ2n) is 14.8. The zero-order valence-electron chi connectivity index (χ0n) is 27.2. The number of aliphatic hydroxyl groups excluding tert-OH is 3. The molecule has 0 amide bonds. The van der Waals surface area contributed by atoms with Gasteiger partial charge in [-0.2, -0.15) is 5.10 Å². The number of carbonyl (C=O) groups is 1. The van der Waals surface area contributed by atoms with Crippen molar-refractivity contribution in [3.8, 4) is 5.69 Å². The van der Waals surface area contributed by atoms with Gasteiger partial charge in [-0.25, -0.2) is 9.07 Å². The van der Waals surface area contributed by atoms with Gasteiger partial charge in [-0.05, 0) is 104 Å². The van der Waals surface area contributed by atoms with E-state index in [1.807, 2.05) is 16.9 Å². The lowest BCUT2D eigenvalue weighted by atomic mass is 9.45. The minimum atomic E-state index is -1.24. The summed E-state index contributed by atoms with van der Waals surface area (Å²) in [5.74, 6) is -0.310. The van der Waals surface area contributed by atoms with E-state index in [1.54, 1.807) is 6.07 Å². The van der Waals surface area contributed by atoms with Gasteiger partial charge >= 0.3 is 0 Å². The lowest BCUT2D eigenvalue weighted by Gasteiger charge is -2.60. The van der Waals surface area contributed by atoms with E-state index in [0.717, 1.165) is 42.6 Å². The molecule has 1 aliphatic heterocycles. The molecule has 250 valence electrons. The lowest BCUT2D eigenvalue weighted by molar-refractivity contribution is -0.202. The van der Waals surface area contributed by atoms with E-state index in [2.05, 4.69) is 32.2 Å². The summed E-state index contributed by atoms with van der Waals surface area (Å²) in [5.41, 5.74) is 2.58. The monoisotopic (exact) mass is 637 g/mol. The maximum Gasteiger partial charge on any atom is 0.193 e. The number of hydrogen-bond acceptors (Lipinski definition) is 8. The second kappa shape index (κ2) is 11.9. The number of aliphatic hydroxyl groups is 3. The molecule has 1 saturated heterocycles. The molecule has 2 heterocycles. The van der Waals surface area contributed by atoms with E-state index in [9.17, 15) is 19.4 Å². The molecule has 9 nitrogen and oxygen atoms in total. The van der Waals surface area contributed by atoms with Crippen molar-refractivity contribution in [1.29, 1.82) is 0 Å². The van der Waals surface area contributed by atoms with Crippen LogP contribution in [0.1, 0.15) is 82.5 Å². The molecule has 0 bridgehead atoms. The SMILES string of the molecule is CCC[C@@H]1O[C@@H]2C[C@H]3[C@@H]4CCC5=Cc6c(cnn6-c6ccc(F)c(CNCCCO)c6)C[C@]5(C)[C@H]4[C@@H](O)C[C@]3(C)[C@]2(C(=O)CO)O1. The van der Waals surface area contributed by atoms with E-state index in [-0.39, 0.29) is 41.4 Å². The number of ketones is 1. The molecule has 0 spiro atoms. The van der Waals surface area contributed by atoms with E-state index >= 15 is 0 Å². The highest BCUT2D eigenvalue weighted by molar-refractivity contribution is 5.91. The van der Waals surface area contributed by atoms with Gasteiger partial charge in [-0.15, -0.1) is 0 Å². The average molecular weight is 638 g/mol. The number of ether oxygens (including phenoxy) is 2. The molecule has 46 heavy (non-hydrogen) atoms. The molecule has 0 radical (unpaired) electrons. The minimum absolute atomic E-state index is 0.00367. The van der Waals surface area contributed by atoms with Crippen LogP contribution in [0.2, 0.25) is 0 Å². The number of nitrogens with zero attached hydrogens (tertiary/aromatic N) is 2. The summed E-state index contributed by atoms with van der Waals surface area (Å²) in [5, 5.41) is 39.2. The van der Waals surface area contributed by atoms with Crippen LogP contribution in [-0.2, 0) is 27.2 Å². The Hall–Kier alpha value is -2.47. The number of fused-ring (bicyclic) bond motifs is 8. The molecule has 2 aromatic rings. The number of halogens is 1. The zero-order chi connectivity index (χ0) is 32.4. The van der Waals surface area contributed by atoms with Crippen LogP contribution in [0.5, 0.6) is 0 Å². The minimum Gasteiger partial charge on any atom is -0.396 e. The number of rotatable bonds is 10. The number of allylic oxidation sites excluding steroid dienone is 1. The van der Waals surface area contributed by atoms with Gasteiger partial charge in [0.2, 0.25) is 0 Å². The summed E-state index contributed by atoms with van der Waals surface area (Å²) in [7, 11) is 0. The van der Waals surface area contributed by atoms with Crippen LogP contribution in [0, 0.1) is 34.4 Å². The van der Waals surface area contributed by atoms with Crippen molar-refractivity contribution < 1.29 is 34.0 Å². The maximum atomic E-state index is 14.7. The van der Waals surface area contributed by atoms with Crippen molar-refractivity contribution in [1.82, 2.24) is 15.1 Å². The first-order valence-electron chi connectivity index (χ1n) is 17.1. The lowest BCUT2D eigenvalue weighted by Crippen LogP contribution is -2.64. The highest BCUT2D eigenvalue weighted by Crippen LogP contribution is 2.70. The fourth-order valence-electron chi connectivity index (χ4n) is 10.4. The molecule has 4 aliphatic carbocycles. The highest BCUT2D eigenvalue weighted by atomic mass is 19.1. The van der Waals surface area contributed by atoms with Crippen molar-refractivity contribution in [2.75, 3.05) is 19.8 Å². The molecular weight excluding hydrogens is 589 g/mol. The molecule has 5 aliphatic rings. The van der Waals surface area contributed by atoms with Gasteiger partial charge in [0.05, 0.1) is 29.8 Å². The van der Waals surface area contributed by atoms with Gasteiger partial charge in [0.15, 0.2) is 17.7 Å². The van der Waals surface area contributed by atoms with Crippen LogP contribution in [0.4, 0.5) is 4.39 Å². The van der Waals surface area contributed by atoms with E-state index < -0.39 is 36.1 Å². The van der Waals surface area contributed by atoms with Crippen LogP contribution >= 0.6 is 0 Å². The summed E-state index contributed by atoms with van der Waals surface area (Å²) in [6.07, 6.45) is 8.39. The highest BCUT2D eigenvalue weighted by Gasteiger charge is 2.75. The summed E-state index contributed by atoms with van der Waals surface area (Å²) in [6, 6.07) is 5.07. The van der Waals surface area contributed by atoms with Crippen molar-refractivity contribution in [2.45, 2.75) is 103 Å². The maximum absolute atomic E-state index is 14.7. The fourth-order valence-corrected chi connectivity index (χ4v) is 10.4. The average Bonchev–Trinajstić information content (AvgIpc) is 3.67. The van der Waals surface area contributed by atoms with Gasteiger partial charge in [-0.1, -0.05) is 32.8 Å². The van der Waals surface area contributed by atoms with Crippen LogP contribution in [0.25, 0.3) is 11.8 Å². The van der Waals surface area contributed by atoms with Crippen molar-refractivity contribution in [2.24, 2.45) is 28.6 Å². The summed E-state index contributed by atoms with van der Waals surface area (Å²) in [4.78, 5) is 13.6. The first kappa shape index (κ1) is 32.1. The molecule has 1 aromatic heterocycles. The Balaban J connectivity index is 1.18. The number of aromatic nitrogens is 2. The van der Waals surface area contributed by atoms with Crippen LogP contribution < -0.4 is 5.32 Å². The quantitative estimate of drug-likeness (QED) is 0.287. The van der Waals surface area contributed by atoms with E-state index in [4.69, 9.17) is 19.7 Å². The standard InChI is InChI=1S/C36H48FN3O6/c1-4-6-32-45-31-15-26-25-9-7-23-14-28-22(19-39-40(28)24-8-10-27(37)21(13-24)18-38-11-5-12-41)16-34(23,2)33(25)29(43)17-35(26,3)36(31,46-32)30(44)20-42/h8,10,13-14,19,25-26,29,31-33,38,41-43H,4-7,9,11-12,15-18,20H2,1-3H3/t25-,26-,29-,31+,32+,33+,34-,35-,36+/m0/s1. The number of hydrogen-bond donors (Lipinski definition) is 4. The number of nitrogens with one attached hydrogen (secondary N) is 1. The van der Waals surface area contributed by atoms with Crippen molar-refractivity contribution >= 4 is 11.9 Å². The predicted octanol–water partition coefficient (Wildman–Crippen LogP) is 4.09. The first-order valence-corrected chi connectivity index (χ1v) is 17.1. The fraction of sp³-hybridized carbons (Fsp3) is 0.667. The normalized spacial score (nSPS) is 37.6. The molecule has 4 N–H and O–H groups in total. The molecule has 4 fully saturated rings. The van der Waals surface area contributed by atoms with Crippen molar-refractivity contribution in [3.05, 3.63) is 52.6 Å².